The van der Waals surface area contributed by atoms with Crippen LogP contribution in [-0.4, -0.2) is 23.8 Å². The van der Waals surface area contributed by atoms with Crippen LogP contribution in [0.5, 0.6) is 0 Å². The zero-order valence-electron chi connectivity index (χ0n) is 9.67. The van der Waals surface area contributed by atoms with Crippen molar-refractivity contribution in [2.75, 3.05) is 12.5 Å². The van der Waals surface area contributed by atoms with Crippen molar-refractivity contribution in [2.24, 2.45) is 0 Å². The summed E-state index contributed by atoms with van der Waals surface area (Å²) in [5.74, 6) is -19.1. The quantitative estimate of drug-likeness (QED) is 0.298. The molecule has 0 saturated carbocycles. The fourth-order valence-corrected chi connectivity index (χ4v) is 1.46. The lowest BCUT2D eigenvalue weighted by Crippen LogP contribution is -2.47. The van der Waals surface area contributed by atoms with Crippen LogP contribution in [0.1, 0.15) is 5.56 Å². The molecule has 0 heterocycles. The Morgan fingerprint density at radius 1 is 0.857 bits per heavy atom. The van der Waals surface area contributed by atoms with Crippen LogP contribution in [0, 0.1) is 29.1 Å². The monoisotopic (exact) mass is 344 g/mol. The lowest BCUT2D eigenvalue weighted by atomic mass is 10.0. The van der Waals surface area contributed by atoms with E-state index in [0.717, 1.165) is 0 Å². The smallest absolute Gasteiger partial charge is 0.355 e. The van der Waals surface area contributed by atoms with Crippen molar-refractivity contribution < 1.29 is 45.0 Å². The summed E-state index contributed by atoms with van der Waals surface area (Å²) in [4.78, 5) is 0. The Morgan fingerprint density at radius 2 is 1.24 bits per heavy atom. The first-order chi connectivity index (χ1) is 9.49. The maximum absolute atomic E-state index is 13.4. The van der Waals surface area contributed by atoms with Crippen molar-refractivity contribution in [3.8, 4) is 0 Å². The van der Waals surface area contributed by atoms with Gasteiger partial charge in [-0.05, 0) is 0 Å². The molecule has 0 aliphatic carbocycles. The van der Waals surface area contributed by atoms with E-state index < -0.39 is 59.1 Å². The Bertz CT molecular complexity index is 518. The molecular formula is C10H5ClF8O2. The third-order valence-electron chi connectivity index (χ3n) is 2.32. The van der Waals surface area contributed by atoms with E-state index >= 15 is 0 Å². The van der Waals surface area contributed by atoms with Gasteiger partial charge in [0, 0.05) is 5.88 Å². The summed E-state index contributed by atoms with van der Waals surface area (Å²) in [5.41, 5.74) is -2.56. The molecule has 1 aromatic carbocycles. The molecule has 21 heavy (non-hydrogen) atoms. The van der Waals surface area contributed by atoms with E-state index in [9.17, 15) is 40.2 Å². The molecule has 1 unspecified atom stereocenters. The fourth-order valence-electron chi connectivity index (χ4n) is 1.38. The van der Waals surface area contributed by atoms with Gasteiger partial charge < -0.3 is 9.84 Å². The first-order valence-corrected chi connectivity index (χ1v) is 5.53. The van der Waals surface area contributed by atoms with Crippen molar-refractivity contribution in [3.05, 3.63) is 34.6 Å². The van der Waals surface area contributed by atoms with Gasteiger partial charge in [-0.3, -0.25) is 0 Å². The van der Waals surface area contributed by atoms with Gasteiger partial charge in [0.05, 0.1) is 12.2 Å². The molecule has 0 aliphatic rings. The second kappa shape index (κ2) is 5.93. The van der Waals surface area contributed by atoms with Gasteiger partial charge in [0.25, 0.3) is 5.79 Å². The van der Waals surface area contributed by atoms with Crippen molar-refractivity contribution >= 4 is 11.6 Å². The van der Waals surface area contributed by atoms with Crippen LogP contribution in [0.15, 0.2) is 0 Å². The Labute approximate surface area is 116 Å². The minimum Gasteiger partial charge on any atom is -0.355 e. The van der Waals surface area contributed by atoms with E-state index in [2.05, 4.69) is 4.74 Å². The molecule has 1 aromatic rings. The number of halogens is 9. The molecule has 1 N–H and O–H groups in total. The van der Waals surface area contributed by atoms with Gasteiger partial charge in [-0.25, -0.2) is 22.0 Å². The first-order valence-electron chi connectivity index (χ1n) is 5.00. The summed E-state index contributed by atoms with van der Waals surface area (Å²) >= 11 is 5.01. The second-order valence-electron chi connectivity index (χ2n) is 3.62. The molecule has 11 heteroatoms. The number of benzene rings is 1. The molecule has 0 saturated heterocycles. The molecule has 120 valence electrons. The van der Waals surface area contributed by atoms with Gasteiger partial charge in [0.15, 0.2) is 23.3 Å². The summed E-state index contributed by atoms with van der Waals surface area (Å²) in [6.07, 6.45) is -5.89. The van der Waals surface area contributed by atoms with Crippen LogP contribution >= 0.6 is 11.6 Å². The highest BCUT2D eigenvalue weighted by molar-refractivity contribution is 6.17. The van der Waals surface area contributed by atoms with Gasteiger partial charge in [-0.15, -0.1) is 11.6 Å². The standard InChI is InChI=1S/C10H5ClF8O2/c11-1-2-21-9(20,10(17,18)19)3-4(12)6(14)8(16)7(15)5(3)13/h20H,1-2H2. The SMILES string of the molecule is OC(OCCCl)(c1c(F)c(F)c(F)c(F)c1F)C(F)(F)F. The van der Waals surface area contributed by atoms with Gasteiger partial charge in [-0.1, -0.05) is 0 Å². The predicted octanol–water partition coefficient (Wildman–Crippen LogP) is 3.34. The normalized spacial score (nSPS) is 15.1. The van der Waals surface area contributed by atoms with Gasteiger partial charge in [0.1, 0.15) is 0 Å². The zero-order chi connectivity index (χ0) is 16.6. The molecule has 0 fully saturated rings. The lowest BCUT2D eigenvalue weighted by molar-refractivity contribution is -0.376. The fraction of sp³-hybridized carbons (Fsp3) is 0.400. The van der Waals surface area contributed by atoms with Crippen LogP contribution in [0.2, 0.25) is 0 Å². The van der Waals surface area contributed by atoms with Crippen LogP contribution < -0.4 is 0 Å². The van der Waals surface area contributed by atoms with E-state index in [0.29, 0.717) is 0 Å². The molecule has 2 nitrogen and oxygen atoms in total. The van der Waals surface area contributed by atoms with Crippen LogP contribution in [0.3, 0.4) is 0 Å². The zero-order valence-corrected chi connectivity index (χ0v) is 10.4. The largest absolute Gasteiger partial charge is 0.448 e. The third kappa shape index (κ3) is 2.92. The molecule has 0 amide bonds. The number of ether oxygens (including phenoxy) is 1. The third-order valence-corrected chi connectivity index (χ3v) is 2.48. The van der Waals surface area contributed by atoms with E-state index in [1.807, 2.05) is 0 Å². The van der Waals surface area contributed by atoms with Crippen molar-refractivity contribution in [2.45, 2.75) is 12.0 Å². The van der Waals surface area contributed by atoms with Gasteiger partial charge in [0.2, 0.25) is 5.82 Å². The summed E-state index contributed by atoms with van der Waals surface area (Å²) in [7, 11) is 0. The van der Waals surface area contributed by atoms with Crippen molar-refractivity contribution in [3.63, 3.8) is 0 Å². The second-order valence-corrected chi connectivity index (χ2v) is 4.00. The lowest BCUT2D eigenvalue weighted by Gasteiger charge is -2.31. The molecule has 0 aliphatic heterocycles. The molecule has 0 bridgehead atoms. The maximum atomic E-state index is 13.4. The van der Waals surface area contributed by atoms with E-state index in [1.54, 1.807) is 0 Å². The van der Waals surface area contributed by atoms with Crippen LogP contribution in [0.4, 0.5) is 35.1 Å². The number of hydrogen-bond donors (Lipinski definition) is 1. The highest BCUT2D eigenvalue weighted by Gasteiger charge is 2.60. The Morgan fingerprint density at radius 3 is 1.57 bits per heavy atom. The van der Waals surface area contributed by atoms with Crippen LogP contribution in [0.25, 0.3) is 0 Å². The summed E-state index contributed by atoms with van der Waals surface area (Å²) in [6, 6.07) is 0. The average molecular weight is 345 g/mol. The predicted molar refractivity (Wildman–Crippen MR) is 52.9 cm³/mol. The minimum absolute atomic E-state index is 0.645. The Kier molecular flexibility index (Phi) is 5.06. The maximum Gasteiger partial charge on any atom is 0.448 e. The minimum atomic E-state index is -5.89. The van der Waals surface area contributed by atoms with Crippen molar-refractivity contribution in [1.29, 1.82) is 0 Å². The number of alkyl halides is 4. The number of aliphatic hydroxyl groups is 1. The Balaban J connectivity index is 3.68. The molecular weight excluding hydrogens is 340 g/mol. The highest BCUT2D eigenvalue weighted by Crippen LogP contribution is 2.43. The molecule has 0 radical (unpaired) electrons. The number of rotatable bonds is 4. The highest BCUT2D eigenvalue weighted by atomic mass is 35.5. The number of hydrogen-bond acceptors (Lipinski definition) is 2. The van der Waals surface area contributed by atoms with Gasteiger partial charge in [-0.2, -0.15) is 13.2 Å². The topological polar surface area (TPSA) is 29.5 Å². The molecule has 0 aromatic heterocycles. The van der Waals surface area contributed by atoms with Crippen molar-refractivity contribution in [1.82, 2.24) is 0 Å². The average Bonchev–Trinajstić information content (AvgIpc) is 2.39. The summed E-state index contributed by atoms with van der Waals surface area (Å²) < 4.78 is 107. The van der Waals surface area contributed by atoms with Crippen LogP contribution in [-0.2, 0) is 10.5 Å². The molecule has 1 atom stereocenters. The van der Waals surface area contributed by atoms with E-state index in [4.69, 9.17) is 11.6 Å². The Hall–Kier alpha value is -1.13. The molecule has 1 rings (SSSR count). The van der Waals surface area contributed by atoms with E-state index in [-0.39, 0.29) is 0 Å². The summed E-state index contributed by atoms with van der Waals surface area (Å²) in [5, 5.41) is 9.31. The van der Waals surface area contributed by atoms with E-state index in [1.165, 1.54) is 0 Å². The first kappa shape index (κ1) is 17.9. The molecule has 0 spiro atoms. The van der Waals surface area contributed by atoms with Gasteiger partial charge >= 0.3 is 6.18 Å². The summed E-state index contributed by atoms with van der Waals surface area (Å²) in [6.45, 7) is -1.07.